The van der Waals surface area contributed by atoms with Crippen molar-refractivity contribution in [2.75, 3.05) is 0 Å². The Morgan fingerprint density at radius 1 is 1.02 bits per heavy atom. The third-order valence-electron chi connectivity index (χ3n) is 11.1. The molecule has 6 rings (SSSR count). The molecule has 0 saturated heterocycles. The standard InChI is InChI=1S/C42H53FN4O/c1-9-10-31-13-14-35(27(6)37(31)38(44)24(2)3)47-40(33(29-11-12-29)23-28-19-25(4)20-32(43)22-28)46-39-36(41(47)48)26(5)21-34(45-39)30-15-17-42(7,8)18-16-30/h13-14,19-22,24,29-30,33,44H,9-12,15-18,23H2,1-8H3. The molecule has 0 amide bonds. The van der Waals surface area contributed by atoms with Crippen molar-refractivity contribution in [3.8, 4) is 5.69 Å². The predicted octanol–water partition coefficient (Wildman–Crippen LogP) is 10.2. The van der Waals surface area contributed by atoms with Crippen molar-refractivity contribution >= 4 is 16.7 Å². The number of aryl methyl sites for hydroxylation is 3. The van der Waals surface area contributed by atoms with E-state index >= 15 is 0 Å². The monoisotopic (exact) mass is 648 g/mol. The van der Waals surface area contributed by atoms with Crippen molar-refractivity contribution in [3.63, 3.8) is 0 Å². The van der Waals surface area contributed by atoms with Gasteiger partial charge in [-0.3, -0.25) is 9.36 Å². The van der Waals surface area contributed by atoms with Crippen LogP contribution in [0.15, 0.2) is 41.2 Å². The Balaban J connectivity index is 1.60. The molecule has 1 atom stereocenters. The zero-order valence-corrected chi connectivity index (χ0v) is 30.3. The van der Waals surface area contributed by atoms with Crippen LogP contribution in [0.25, 0.3) is 16.7 Å². The molecule has 2 aliphatic rings. The minimum atomic E-state index is -0.236. The fourth-order valence-electron chi connectivity index (χ4n) is 8.08. The smallest absolute Gasteiger partial charge is 0.267 e. The molecule has 2 heterocycles. The summed E-state index contributed by atoms with van der Waals surface area (Å²) in [5.41, 5.74) is 8.94. The molecular weight excluding hydrogens is 595 g/mol. The average Bonchev–Trinajstić information content (AvgIpc) is 3.85. The van der Waals surface area contributed by atoms with E-state index in [0.29, 0.717) is 46.2 Å². The molecule has 254 valence electrons. The highest BCUT2D eigenvalue weighted by Gasteiger charge is 2.37. The molecule has 2 fully saturated rings. The first kappa shape index (κ1) is 34.2. The van der Waals surface area contributed by atoms with Gasteiger partial charge in [-0.15, -0.1) is 0 Å². The predicted molar refractivity (Wildman–Crippen MR) is 196 cm³/mol. The molecule has 2 saturated carbocycles. The molecule has 2 aromatic carbocycles. The molecular formula is C42H53FN4O. The van der Waals surface area contributed by atoms with E-state index in [9.17, 15) is 9.18 Å². The highest BCUT2D eigenvalue weighted by molar-refractivity contribution is 6.02. The molecule has 48 heavy (non-hydrogen) atoms. The Labute approximate surface area is 285 Å². The van der Waals surface area contributed by atoms with Crippen LogP contribution in [0.4, 0.5) is 4.39 Å². The zero-order chi connectivity index (χ0) is 34.5. The van der Waals surface area contributed by atoms with Crippen LogP contribution < -0.4 is 5.56 Å². The van der Waals surface area contributed by atoms with Gasteiger partial charge in [0.15, 0.2) is 5.65 Å². The van der Waals surface area contributed by atoms with E-state index in [1.54, 1.807) is 12.1 Å². The summed E-state index contributed by atoms with van der Waals surface area (Å²) in [5, 5.41) is 9.69. The van der Waals surface area contributed by atoms with Crippen LogP contribution >= 0.6 is 0 Å². The molecule has 4 aromatic rings. The Morgan fingerprint density at radius 3 is 2.35 bits per heavy atom. The molecule has 6 heteroatoms. The lowest BCUT2D eigenvalue weighted by molar-refractivity contribution is 0.223. The van der Waals surface area contributed by atoms with E-state index in [2.05, 4.69) is 65.8 Å². The molecule has 0 radical (unpaired) electrons. The van der Waals surface area contributed by atoms with E-state index < -0.39 is 0 Å². The van der Waals surface area contributed by atoms with Gasteiger partial charge in [0.1, 0.15) is 11.6 Å². The lowest BCUT2D eigenvalue weighted by Gasteiger charge is -2.34. The number of fused-ring (bicyclic) bond motifs is 1. The molecule has 5 nitrogen and oxygen atoms in total. The summed E-state index contributed by atoms with van der Waals surface area (Å²) in [5.74, 6) is 1.15. The lowest BCUT2D eigenvalue weighted by Crippen LogP contribution is -2.29. The van der Waals surface area contributed by atoms with Crippen molar-refractivity contribution < 1.29 is 4.39 Å². The molecule has 0 aliphatic heterocycles. The normalized spacial score (nSPS) is 17.3. The van der Waals surface area contributed by atoms with E-state index in [-0.39, 0.29) is 23.2 Å². The highest BCUT2D eigenvalue weighted by atomic mass is 19.1. The maximum atomic E-state index is 15.0. The van der Waals surface area contributed by atoms with Gasteiger partial charge in [0.2, 0.25) is 0 Å². The van der Waals surface area contributed by atoms with E-state index in [4.69, 9.17) is 15.4 Å². The number of aromatic nitrogens is 3. The first-order valence-corrected chi connectivity index (χ1v) is 18.2. The number of rotatable bonds is 10. The van der Waals surface area contributed by atoms with E-state index in [1.165, 1.54) is 0 Å². The second kappa shape index (κ2) is 13.3. The maximum absolute atomic E-state index is 15.0. The Hall–Kier alpha value is -3.67. The summed E-state index contributed by atoms with van der Waals surface area (Å²) in [6, 6.07) is 11.5. The first-order chi connectivity index (χ1) is 22.8. The molecule has 2 aromatic heterocycles. The number of benzene rings is 2. The van der Waals surface area contributed by atoms with Gasteiger partial charge in [0, 0.05) is 28.8 Å². The van der Waals surface area contributed by atoms with Crippen molar-refractivity contribution in [1.82, 2.24) is 14.5 Å². The molecule has 0 spiro atoms. The SMILES string of the molecule is CCCc1ccc(-n2c(C(Cc3cc(C)cc(F)c3)C3CC3)nc3nc(C4CCC(C)(C)CC4)cc(C)c3c2=O)c(C)c1C(=N)C(C)C. The second-order valence-corrected chi connectivity index (χ2v) is 16.0. The summed E-state index contributed by atoms with van der Waals surface area (Å²) in [4.78, 5) is 25.5. The summed E-state index contributed by atoms with van der Waals surface area (Å²) >= 11 is 0. The quantitative estimate of drug-likeness (QED) is 0.174. The van der Waals surface area contributed by atoms with Crippen molar-refractivity contribution in [1.29, 1.82) is 5.41 Å². The van der Waals surface area contributed by atoms with Gasteiger partial charge < -0.3 is 5.41 Å². The lowest BCUT2D eigenvalue weighted by atomic mass is 9.72. The van der Waals surface area contributed by atoms with E-state index in [0.717, 1.165) is 96.1 Å². The van der Waals surface area contributed by atoms with Gasteiger partial charge in [-0.05, 0) is 141 Å². The summed E-state index contributed by atoms with van der Waals surface area (Å²) in [6.45, 7) is 17.0. The van der Waals surface area contributed by atoms with E-state index in [1.807, 2.05) is 18.4 Å². The minimum absolute atomic E-state index is 0.0473. The topological polar surface area (TPSA) is 71.6 Å². The number of pyridine rings is 1. The second-order valence-electron chi connectivity index (χ2n) is 16.0. The number of nitrogens with zero attached hydrogens (tertiary/aromatic N) is 3. The molecule has 1 N–H and O–H groups in total. The van der Waals surface area contributed by atoms with Gasteiger partial charge in [-0.25, -0.2) is 14.4 Å². The first-order valence-electron chi connectivity index (χ1n) is 18.2. The van der Waals surface area contributed by atoms with Crippen LogP contribution in [0.5, 0.6) is 0 Å². The van der Waals surface area contributed by atoms with Crippen LogP contribution in [-0.4, -0.2) is 20.2 Å². The largest absolute Gasteiger partial charge is 0.304 e. The Morgan fingerprint density at radius 2 is 1.73 bits per heavy atom. The zero-order valence-electron chi connectivity index (χ0n) is 30.3. The molecule has 1 unspecified atom stereocenters. The Bertz CT molecular complexity index is 1900. The van der Waals surface area contributed by atoms with Crippen LogP contribution in [0, 0.1) is 49.2 Å². The van der Waals surface area contributed by atoms with Crippen molar-refractivity contribution in [3.05, 3.63) is 97.5 Å². The van der Waals surface area contributed by atoms with Crippen LogP contribution in [0.2, 0.25) is 0 Å². The Kier molecular flexibility index (Phi) is 9.50. The van der Waals surface area contributed by atoms with Gasteiger partial charge >= 0.3 is 0 Å². The van der Waals surface area contributed by atoms with Gasteiger partial charge in [-0.2, -0.15) is 0 Å². The summed E-state index contributed by atoms with van der Waals surface area (Å²) < 4.78 is 16.5. The van der Waals surface area contributed by atoms with Gasteiger partial charge in [0.05, 0.1) is 11.1 Å². The third-order valence-corrected chi connectivity index (χ3v) is 11.1. The number of halogens is 1. The fraction of sp³-hybridized carbons (Fsp3) is 0.524. The number of hydrogen-bond donors (Lipinski definition) is 1. The van der Waals surface area contributed by atoms with Crippen molar-refractivity contribution in [2.24, 2.45) is 17.3 Å². The fourth-order valence-corrected chi connectivity index (χ4v) is 8.08. The minimum Gasteiger partial charge on any atom is -0.304 e. The summed E-state index contributed by atoms with van der Waals surface area (Å²) in [7, 11) is 0. The van der Waals surface area contributed by atoms with Crippen LogP contribution in [-0.2, 0) is 12.8 Å². The van der Waals surface area contributed by atoms with Crippen LogP contribution in [0.1, 0.15) is 136 Å². The third kappa shape index (κ3) is 6.77. The average molecular weight is 649 g/mol. The van der Waals surface area contributed by atoms with Crippen molar-refractivity contribution in [2.45, 2.75) is 125 Å². The van der Waals surface area contributed by atoms with Gasteiger partial charge in [-0.1, -0.05) is 53.2 Å². The van der Waals surface area contributed by atoms with Gasteiger partial charge in [0.25, 0.3) is 5.56 Å². The molecule has 2 aliphatic carbocycles. The maximum Gasteiger partial charge on any atom is 0.267 e. The number of nitrogens with one attached hydrogen (secondary N) is 1. The number of hydrogen-bond acceptors (Lipinski definition) is 4. The van der Waals surface area contributed by atoms with Crippen LogP contribution in [0.3, 0.4) is 0 Å². The highest BCUT2D eigenvalue weighted by Crippen LogP contribution is 2.45. The molecule has 0 bridgehead atoms. The summed E-state index contributed by atoms with van der Waals surface area (Å²) in [6.07, 6.45) is 9.05.